The number of carboxylic acid groups (broad SMARTS) is 1. The van der Waals surface area contributed by atoms with Gasteiger partial charge in [0.15, 0.2) is 5.69 Å². The fraction of sp³-hybridized carbons (Fsp3) is 0.214. The number of nitrogens with zero attached hydrogens (tertiary/aromatic N) is 1. The Bertz CT molecular complexity index is 711. The molecule has 1 amide bonds. The summed E-state index contributed by atoms with van der Waals surface area (Å²) in [6.07, 6.45) is -5.32. The molecule has 2 aromatic rings. The molecule has 122 valence electrons. The molecule has 1 aromatic carbocycles. The lowest BCUT2D eigenvalue weighted by Crippen LogP contribution is -2.28. The van der Waals surface area contributed by atoms with Crippen LogP contribution in [0.15, 0.2) is 34.7 Å². The number of benzene rings is 1. The Morgan fingerprint density at radius 2 is 1.87 bits per heavy atom. The minimum absolute atomic E-state index is 0.280. The van der Waals surface area contributed by atoms with Gasteiger partial charge in [-0.1, -0.05) is 18.2 Å². The number of hydrogen-bond donors (Lipinski definition) is 2. The van der Waals surface area contributed by atoms with E-state index in [2.05, 4.69) is 10.3 Å². The van der Waals surface area contributed by atoms with Gasteiger partial charge in [0.05, 0.1) is 6.42 Å². The van der Waals surface area contributed by atoms with Gasteiger partial charge in [-0.25, -0.2) is 4.98 Å². The first-order valence-corrected chi connectivity index (χ1v) is 6.42. The zero-order chi connectivity index (χ0) is 17.0. The number of carbonyl (C=O) groups is 2. The molecule has 0 aliphatic carbocycles. The molecule has 9 heteroatoms. The zero-order valence-electron chi connectivity index (χ0n) is 11.6. The second kappa shape index (κ2) is 6.51. The molecule has 6 nitrogen and oxygen atoms in total. The fourth-order valence-corrected chi connectivity index (χ4v) is 1.74. The zero-order valence-corrected chi connectivity index (χ0v) is 11.6. The normalized spacial score (nSPS) is 11.3. The van der Waals surface area contributed by atoms with E-state index in [1.807, 2.05) is 0 Å². The SMILES string of the molecule is O=C(O)CCNC(=O)c1nc(-c2ccccc2)oc1C(F)(F)F. The maximum Gasteiger partial charge on any atom is 0.452 e. The predicted octanol–water partition coefficient (Wildman–Crippen LogP) is 2.56. The molecule has 1 heterocycles. The summed E-state index contributed by atoms with van der Waals surface area (Å²) < 4.78 is 43.6. The second-order valence-corrected chi connectivity index (χ2v) is 4.46. The van der Waals surface area contributed by atoms with Crippen LogP contribution in [-0.4, -0.2) is 28.5 Å². The molecule has 0 aliphatic heterocycles. The lowest BCUT2D eigenvalue weighted by molar-refractivity contribution is -0.153. The molecular formula is C14H11F3N2O4. The number of amides is 1. The molecule has 2 rings (SSSR count). The van der Waals surface area contributed by atoms with Crippen LogP contribution in [0.4, 0.5) is 13.2 Å². The van der Waals surface area contributed by atoms with Crippen molar-refractivity contribution in [1.29, 1.82) is 0 Å². The molecule has 0 saturated carbocycles. The van der Waals surface area contributed by atoms with E-state index in [0.717, 1.165) is 0 Å². The van der Waals surface area contributed by atoms with Gasteiger partial charge in [0, 0.05) is 12.1 Å². The van der Waals surface area contributed by atoms with E-state index in [-0.39, 0.29) is 18.0 Å². The first-order chi connectivity index (χ1) is 10.8. The van der Waals surface area contributed by atoms with E-state index in [4.69, 9.17) is 9.52 Å². The van der Waals surface area contributed by atoms with Crippen molar-refractivity contribution in [2.75, 3.05) is 6.54 Å². The van der Waals surface area contributed by atoms with Crippen LogP contribution in [0.1, 0.15) is 22.7 Å². The standard InChI is InChI=1S/C14H11F3N2O4/c15-14(16,17)11-10(12(22)18-7-6-9(20)21)19-13(23-11)8-4-2-1-3-5-8/h1-5H,6-7H2,(H,18,22)(H,20,21). The molecule has 0 radical (unpaired) electrons. The fourth-order valence-electron chi connectivity index (χ4n) is 1.74. The van der Waals surface area contributed by atoms with Gasteiger partial charge in [0.25, 0.3) is 5.91 Å². The minimum atomic E-state index is -4.90. The van der Waals surface area contributed by atoms with Crippen LogP contribution in [0.5, 0.6) is 0 Å². The van der Waals surface area contributed by atoms with Crippen molar-refractivity contribution < 1.29 is 32.3 Å². The third kappa shape index (κ3) is 4.09. The highest BCUT2D eigenvalue weighted by atomic mass is 19.4. The first-order valence-electron chi connectivity index (χ1n) is 6.42. The second-order valence-electron chi connectivity index (χ2n) is 4.46. The molecule has 0 spiro atoms. The van der Waals surface area contributed by atoms with E-state index in [1.165, 1.54) is 12.1 Å². The highest BCUT2D eigenvalue weighted by Gasteiger charge is 2.41. The van der Waals surface area contributed by atoms with Gasteiger partial charge in [-0.2, -0.15) is 13.2 Å². The Labute approximate surface area is 127 Å². The summed E-state index contributed by atoms with van der Waals surface area (Å²) in [5.41, 5.74) is -0.649. The highest BCUT2D eigenvalue weighted by molar-refractivity contribution is 5.94. The van der Waals surface area contributed by atoms with Crippen LogP contribution in [0.2, 0.25) is 0 Å². The summed E-state index contributed by atoms with van der Waals surface area (Å²) in [4.78, 5) is 25.8. The quantitative estimate of drug-likeness (QED) is 0.880. The molecule has 0 bridgehead atoms. The van der Waals surface area contributed by atoms with Crippen molar-refractivity contribution in [2.45, 2.75) is 12.6 Å². The van der Waals surface area contributed by atoms with Gasteiger partial charge >= 0.3 is 12.1 Å². The minimum Gasteiger partial charge on any atom is -0.481 e. The lowest BCUT2D eigenvalue weighted by Gasteiger charge is -2.05. The number of carbonyl (C=O) groups excluding carboxylic acids is 1. The van der Waals surface area contributed by atoms with Gasteiger partial charge in [0.2, 0.25) is 11.7 Å². The topological polar surface area (TPSA) is 92.4 Å². The van der Waals surface area contributed by atoms with E-state index in [0.29, 0.717) is 0 Å². The van der Waals surface area contributed by atoms with E-state index in [9.17, 15) is 22.8 Å². The van der Waals surface area contributed by atoms with Gasteiger partial charge in [-0.05, 0) is 12.1 Å². The molecule has 1 aromatic heterocycles. The van der Waals surface area contributed by atoms with Crippen molar-refractivity contribution in [3.8, 4) is 11.5 Å². The van der Waals surface area contributed by atoms with Crippen LogP contribution in [0.25, 0.3) is 11.5 Å². The average Bonchev–Trinajstić information content (AvgIpc) is 2.93. The van der Waals surface area contributed by atoms with Crippen LogP contribution in [0, 0.1) is 0 Å². The number of halogens is 3. The summed E-state index contributed by atoms with van der Waals surface area (Å²) in [7, 11) is 0. The van der Waals surface area contributed by atoms with Crippen molar-refractivity contribution in [2.24, 2.45) is 0 Å². The molecule has 0 saturated heterocycles. The van der Waals surface area contributed by atoms with Gasteiger partial charge in [0.1, 0.15) is 0 Å². The van der Waals surface area contributed by atoms with Gasteiger partial charge < -0.3 is 14.8 Å². The predicted molar refractivity (Wildman–Crippen MR) is 71.5 cm³/mol. The smallest absolute Gasteiger partial charge is 0.452 e. The van der Waals surface area contributed by atoms with Gasteiger partial charge in [-0.3, -0.25) is 9.59 Å². The lowest BCUT2D eigenvalue weighted by atomic mass is 10.2. The van der Waals surface area contributed by atoms with Gasteiger partial charge in [-0.15, -0.1) is 0 Å². The van der Waals surface area contributed by atoms with Crippen LogP contribution < -0.4 is 5.32 Å². The van der Waals surface area contributed by atoms with Crippen LogP contribution in [-0.2, 0) is 11.0 Å². The number of aromatic nitrogens is 1. The monoisotopic (exact) mass is 328 g/mol. The number of hydrogen-bond acceptors (Lipinski definition) is 4. The summed E-state index contributed by atoms with van der Waals surface area (Å²) >= 11 is 0. The van der Waals surface area contributed by atoms with Crippen LogP contribution in [0.3, 0.4) is 0 Å². The molecule has 2 N–H and O–H groups in total. The maximum atomic E-state index is 13.0. The van der Waals surface area contributed by atoms with Crippen molar-refractivity contribution >= 4 is 11.9 Å². The molecule has 0 aliphatic rings. The summed E-state index contributed by atoms with van der Waals surface area (Å²) in [5.74, 6) is -4.21. The molecule has 0 atom stereocenters. The summed E-state index contributed by atoms with van der Waals surface area (Å²) in [6.45, 7) is -0.320. The Hall–Kier alpha value is -2.84. The third-order valence-corrected chi connectivity index (χ3v) is 2.74. The Morgan fingerprint density at radius 1 is 1.22 bits per heavy atom. The molecule has 23 heavy (non-hydrogen) atoms. The molecule has 0 fully saturated rings. The molecular weight excluding hydrogens is 317 g/mol. The Balaban J connectivity index is 2.32. The number of oxazole rings is 1. The van der Waals surface area contributed by atoms with Crippen LogP contribution >= 0.6 is 0 Å². The van der Waals surface area contributed by atoms with E-state index in [1.54, 1.807) is 18.2 Å². The van der Waals surface area contributed by atoms with Crippen molar-refractivity contribution in [1.82, 2.24) is 10.3 Å². The number of aliphatic carboxylic acids is 1. The highest BCUT2D eigenvalue weighted by Crippen LogP contribution is 2.35. The number of carboxylic acids is 1. The number of rotatable bonds is 5. The Morgan fingerprint density at radius 3 is 2.43 bits per heavy atom. The van der Waals surface area contributed by atoms with Crippen molar-refractivity contribution in [3.05, 3.63) is 41.8 Å². The average molecular weight is 328 g/mol. The number of alkyl halides is 3. The van der Waals surface area contributed by atoms with E-state index < -0.39 is 35.9 Å². The summed E-state index contributed by atoms with van der Waals surface area (Å²) in [6, 6.07) is 7.80. The largest absolute Gasteiger partial charge is 0.481 e. The summed E-state index contributed by atoms with van der Waals surface area (Å²) in [5, 5.41) is 10.5. The van der Waals surface area contributed by atoms with Crippen molar-refractivity contribution in [3.63, 3.8) is 0 Å². The first kappa shape index (κ1) is 16.5. The maximum absolute atomic E-state index is 13.0. The third-order valence-electron chi connectivity index (χ3n) is 2.74. The Kier molecular flexibility index (Phi) is 4.68. The number of nitrogens with one attached hydrogen (secondary N) is 1. The van der Waals surface area contributed by atoms with E-state index >= 15 is 0 Å². The molecule has 0 unspecified atom stereocenters.